The van der Waals surface area contributed by atoms with Crippen LogP contribution in [0, 0.1) is 0 Å². The Morgan fingerprint density at radius 3 is 2.32 bits per heavy atom. The molecule has 3 rings (SSSR count). The van der Waals surface area contributed by atoms with Crippen LogP contribution in [0.25, 0.3) is 11.1 Å². The molecule has 1 aromatic heterocycles. The summed E-state index contributed by atoms with van der Waals surface area (Å²) in [6.07, 6.45) is 12.1. The molecule has 1 aliphatic rings. The molecule has 0 N–H and O–H groups in total. The Hall–Kier alpha value is -1.28. The van der Waals surface area contributed by atoms with Gasteiger partial charge in [0.15, 0.2) is 0 Å². The maximum absolute atomic E-state index is 5.92. The highest BCUT2D eigenvalue weighted by Gasteiger charge is 2.15. The smallest absolute Gasteiger partial charge is 0.0568 e. The van der Waals surface area contributed by atoms with E-state index in [0.717, 1.165) is 5.02 Å². The summed E-state index contributed by atoms with van der Waals surface area (Å²) < 4.78 is 2.16. The average Bonchev–Trinajstić information content (AvgIpc) is 2.76. The van der Waals surface area contributed by atoms with Gasteiger partial charge in [-0.3, -0.25) is 4.68 Å². The van der Waals surface area contributed by atoms with Crippen LogP contribution in [0.2, 0.25) is 5.02 Å². The van der Waals surface area contributed by atoms with Crippen molar-refractivity contribution >= 4 is 11.6 Å². The molecule has 2 nitrogen and oxygen atoms in total. The molecule has 0 radical (unpaired) electrons. The second-order valence-electron chi connectivity index (χ2n) is 5.36. The Bertz CT molecular complexity index is 522. The van der Waals surface area contributed by atoms with Gasteiger partial charge in [0.2, 0.25) is 0 Å². The van der Waals surface area contributed by atoms with Crippen LogP contribution in [0.5, 0.6) is 0 Å². The summed E-state index contributed by atoms with van der Waals surface area (Å²) in [5.41, 5.74) is 2.37. The summed E-state index contributed by atoms with van der Waals surface area (Å²) in [4.78, 5) is 0. The first-order chi connectivity index (χ1) is 9.33. The topological polar surface area (TPSA) is 17.8 Å². The van der Waals surface area contributed by atoms with Crippen LogP contribution >= 0.6 is 11.6 Å². The first-order valence-electron chi connectivity index (χ1n) is 7.13. The Balaban J connectivity index is 1.80. The predicted octanol–water partition coefficient (Wildman–Crippen LogP) is 5.10. The number of hydrogen-bond donors (Lipinski definition) is 0. The molecule has 1 fully saturated rings. The van der Waals surface area contributed by atoms with Crippen LogP contribution in [0.4, 0.5) is 0 Å². The monoisotopic (exact) mass is 274 g/mol. The van der Waals surface area contributed by atoms with Crippen LogP contribution in [-0.4, -0.2) is 9.78 Å². The van der Waals surface area contributed by atoms with Crippen molar-refractivity contribution in [3.8, 4) is 11.1 Å². The molecule has 1 aromatic carbocycles. The third-order valence-electron chi connectivity index (χ3n) is 3.98. The van der Waals surface area contributed by atoms with Crippen molar-refractivity contribution in [3.05, 3.63) is 41.7 Å². The molecule has 0 bridgehead atoms. The van der Waals surface area contributed by atoms with Crippen molar-refractivity contribution in [1.29, 1.82) is 0 Å². The van der Waals surface area contributed by atoms with Crippen molar-refractivity contribution in [2.24, 2.45) is 0 Å². The third kappa shape index (κ3) is 3.01. The van der Waals surface area contributed by atoms with Gasteiger partial charge in [0.1, 0.15) is 0 Å². The lowest BCUT2D eigenvalue weighted by Gasteiger charge is -2.14. The van der Waals surface area contributed by atoms with E-state index in [4.69, 9.17) is 11.6 Å². The predicted molar refractivity (Wildman–Crippen MR) is 79.4 cm³/mol. The zero-order chi connectivity index (χ0) is 13.1. The van der Waals surface area contributed by atoms with Gasteiger partial charge < -0.3 is 0 Å². The van der Waals surface area contributed by atoms with Crippen LogP contribution in [-0.2, 0) is 0 Å². The summed E-state index contributed by atoms with van der Waals surface area (Å²) in [7, 11) is 0. The van der Waals surface area contributed by atoms with E-state index in [-0.39, 0.29) is 0 Å². The van der Waals surface area contributed by atoms with E-state index in [1.807, 2.05) is 18.3 Å². The summed E-state index contributed by atoms with van der Waals surface area (Å²) in [5, 5.41) is 5.34. The van der Waals surface area contributed by atoms with Crippen molar-refractivity contribution in [3.63, 3.8) is 0 Å². The molecule has 0 unspecified atom stereocenters. The highest BCUT2D eigenvalue weighted by molar-refractivity contribution is 6.30. The van der Waals surface area contributed by atoms with Crippen molar-refractivity contribution in [2.75, 3.05) is 0 Å². The van der Waals surface area contributed by atoms with Crippen LogP contribution in [0.3, 0.4) is 0 Å². The van der Waals surface area contributed by atoms with Gasteiger partial charge in [-0.1, -0.05) is 49.4 Å². The molecule has 3 heteroatoms. The molecular formula is C16H19ClN2. The molecule has 100 valence electrons. The van der Waals surface area contributed by atoms with Crippen LogP contribution in [0.1, 0.15) is 44.6 Å². The fraction of sp³-hybridized carbons (Fsp3) is 0.438. The second-order valence-corrected chi connectivity index (χ2v) is 5.80. The number of hydrogen-bond acceptors (Lipinski definition) is 1. The Morgan fingerprint density at radius 1 is 0.947 bits per heavy atom. The first kappa shape index (κ1) is 12.7. The lowest BCUT2D eigenvalue weighted by molar-refractivity contribution is 0.405. The van der Waals surface area contributed by atoms with E-state index < -0.39 is 0 Å². The number of aromatic nitrogens is 2. The Morgan fingerprint density at radius 2 is 1.63 bits per heavy atom. The standard InChI is InChI=1S/C16H19ClN2/c17-15-9-7-13(8-10-15)14-11-18-19(12-14)16-5-3-1-2-4-6-16/h7-12,16H,1-6H2. The molecule has 2 aromatic rings. The molecule has 1 heterocycles. The van der Waals surface area contributed by atoms with Gasteiger partial charge in [-0.25, -0.2) is 0 Å². The van der Waals surface area contributed by atoms with Crippen molar-refractivity contribution < 1.29 is 0 Å². The van der Waals surface area contributed by atoms with Crippen molar-refractivity contribution in [2.45, 2.75) is 44.6 Å². The highest BCUT2D eigenvalue weighted by Crippen LogP contribution is 2.28. The van der Waals surface area contributed by atoms with Gasteiger partial charge in [-0.15, -0.1) is 0 Å². The van der Waals surface area contributed by atoms with E-state index in [1.54, 1.807) is 0 Å². The number of nitrogens with zero attached hydrogens (tertiary/aromatic N) is 2. The van der Waals surface area contributed by atoms with Gasteiger partial charge in [0.05, 0.1) is 12.2 Å². The van der Waals surface area contributed by atoms with Crippen molar-refractivity contribution in [1.82, 2.24) is 9.78 Å². The Labute approximate surface area is 119 Å². The van der Waals surface area contributed by atoms with Gasteiger partial charge in [0, 0.05) is 16.8 Å². The highest BCUT2D eigenvalue weighted by atomic mass is 35.5. The minimum Gasteiger partial charge on any atom is -0.269 e. The largest absolute Gasteiger partial charge is 0.269 e. The van der Waals surface area contributed by atoms with Gasteiger partial charge in [-0.05, 0) is 30.5 Å². The summed E-state index contributed by atoms with van der Waals surface area (Å²) in [5.74, 6) is 0. The van der Waals surface area contributed by atoms with E-state index in [9.17, 15) is 0 Å². The van der Waals surface area contributed by atoms with Gasteiger partial charge in [-0.2, -0.15) is 5.10 Å². The Kier molecular flexibility index (Phi) is 3.88. The fourth-order valence-corrected chi connectivity index (χ4v) is 2.98. The second kappa shape index (κ2) is 5.79. The van der Waals surface area contributed by atoms with E-state index in [0.29, 0.717) is 6.04 Å². The molecule has 0 spiro atoms. The van der Waals surface area contributed by atoms with Gasteiger partial charge >= 0.3 is 0 Å². The minimum absolute atomic E-state index is 0.587. The summed E-state index contributed by atoms with van der Waals surface area (Å²) >= 11 is 5.92. The van der Waals surface area contributed by atoms with Crippen LogP contribution < -0.4 is 0 Å². The molecule has 1 saturated carbocycles. The third-order valence-corrected chi connectivity index (χ3v) is 4.23. The molecule has 0 atom stereocenters. The average molecular weight is 275 g/mol. The summed E-state index contributed by atoms with van der Waals surface area (Å²) in [6.45, 7) is 0. The minimum atomic E-state index is 0.587. The summed E-state index contributed by atoms with van der Waals surface area (Å²) in [6, 6.07) is 8.55. The van der Waals surface area contributed by atoms with E-state index in [1.165, 1.54) is 49.7 Å². The molecule has 0 aliphatic heterocycles. The molecule has 1 aliphatic carbocycles. The lowest BCUT2D eigenvalue weighted by atomic mass is 10.1. The van der Waals surface area contributed by atoms with Gasteiger partial charge in [0.25, 0.3) is 0 Å². The maximum atomic E-state index is 5.92. The zero-order valence-electron chi connectivity index (χ0n) is 11.1. The number of halogens is 1. The molecular weight excluding hydrogens is 256 g/mol. The number of rotatable bonds is 2. The normalized spacial score (nSPS) is 17.3. The van der Waals surface area contributed by atoms with Crippen LogP contribution in [0.15, 0.2) is 36.7 Å². The van der Waals surface area contributed by atoms with E-state index >= 15 is 0 Å². The zero-order valence-corrected chi connectivity index (χ0v) is 11.8. The van der Waals surface area contributed by atoms with E-state index in [2.05, 4.69) is 28.1 Å². The molecule has 0 saturated heterocycles. The fourth-order valence-electron chi connectivity index (χ4n) is 2.85. The lowest BCUT2D eigenvalue weighted by Crippen LogP contribution is -2.08. The molecule has 0 amide bonds. The first-order valence-corrected chi connectivity index (χ1v) is 7.51. The number of benzene rings is 1. The molecule has 19 heavy (non-hydrogen) atoms. The quantitative estimate of drug-likeness (QED) is 0.697. The SMILES string of the molecule is Clc1ccc(-c2cnn(C3CCCCCC3)c2)cc1. The maximum Gasteiger partial charge on any atom is 0.0568 e.